The predicted molar refractivity (Wildman–Crippen MR) is 208 cm³/mol. The van der Waals surface area contributed by atoms with Crippen LogP contribution in [0.2, 0.25) is 0 Å². The third kappa shape index (κ3) is 6.44. The van der Waals surface area contributed by atoms with Crippen molar-refractivity contribution in [1.82, 2.24) is 10.6 Å². The molecule has 7 aliphatic carbocycles. The van der Waals surface area contributed by atoms with Gasteiger partial charge in [0.2, 0.25) is 17.7 Å². The van der Waals surface area contributed by atoms with E-state index in [1.54, 1.807) is 0 Å². The molecule has 4 aromatic rings. The van der Waals surface area contributed by atoms with Crippen molar-refractivity contribution in [2.45, 2.75) is 62.8 Å². The Morgan fingerprint density at radius 2 is 1.09 bits per heavy atom. The van der Waals surface area contributed by atoms with Gasteiger partial charge in [0.25, 0.3) is 0 Å². The maximum atomic E-state index is 15.1. The number of carbonyl (C=O) groups is 5. The van der Waals surface area contributed by atoms with Crippen LogP contribution in [-0.4, -0.2) is 52.5 Å². The fraction of sp³-hybridized carbons (Fsp3) is 0.370. The Morgan fingerprint density at radius 1 is 0.625 bits per heavy atom. The standard InChI is InChI=1S/C46H45N3O7/c50-41(48-31-19-29(44(53)54)18-30(20-31)45(55)56)36(17-25-8-2-1-3-9-25)49-43(52)40-38-34-12-6-4-10-32(34)37(33-11-5-7-13-35(33)38)39(40)42(51)47-24-46-21-26-14-27(22-46)16-28(15-26)23-46/h1-13,18-20,26-28,36-40H,14-17,21-24H2,(H,47,51)(H,48,50)(H,49,52)(H,53,54)(H,55,56)/t26?,27?,28?,36-,37?,38?,39?,40?,46?/m1/s1. The van der Waals surface area contributed by atoms with Gasteiger partial charge in [-0.25, -0.2) is 9.59 Å². The van der Waals surface area contributed by atoms with Gasteiger partial charge in [0, 0.05) is 30.5 Å². The number of rotatable bonds is 11. The maximum Gasteiger partial charge on any atom is 0.335 e. The van der Waals surface area contributed by atoms with Gasteiger partial charge < -0.3 is 26.2 Å². The lowest BCUT2D eigenvalue weighted by atomic mass is 9.49. The van der Waals surface area contributed by atoms with E-state index in [0.29, 0.717) is 6.54 Å². The second-order valence-electron chi connectivity index (χ2n) is 17.0. The highest BCUT2D eigenvalue weighted by Gasteiger charge is 2.56. The molecule has 10 heteroatoms. The van der Waals surface area contributed by atoms with Crippen molar-refractivity contribution in [3.8, 4) is 0 Å². The monoisotopic (exact) mass is 751 g/mol. The molecule has 5 N–H and O–H groups in total. The average Bonchev–Trinajstić information content (AvgIpc) is 3.19. The number of carboxylic acids is 2. The molecule has 4 fully saturated rings. The van der Waals surface area contributed by atoms with E-state index in [1.807, 2.05) is 66.7 Å². The molecule has 3 atom stereocenters. The largest absolute Gasteiger partial charge is 0.478 e. The van der Waals surface area contributed by atoms with Crippen molar-refractivity contribution in [3.05, 3.63) is 136 Å². The number of anilines is 1. The molecule has 0 spiro atoms. The number of hydrogen-bond acceptors (Lipinski definition) is 5. The topological polar surface area (TPSA) is 162 Å². The minimum atomic E-state index is -1.35. The van der Waals surface area contributed by atoms with E-state index >= 15 is 4.79 Å². The van der Waals surface area contributed by atoms with Crippen molar-refractivity contribution in [2.24, 2.45) is 35.0 Å². The lowest BCUT2D eigenvalue weighted by Gasteiger charge is -2.57. The summed E-state index contributed by atoms with van der Waals surface area (Å²) in [7, 11) is 0. The van der Waals surface area contributed by atoms with Gasteiger partial charge in [-0.05, 0) is 108 Å². The predicted octanol–water partition coefficient (Wildman–Crippen LogP) is 6.61. The van der Waals surface area contributed by atoms with Gasteiger partial charge in [-0.15, -0.1) is 0 Å². The number of aromatic carboxylic acids is 2. The quantitative estimate of drug-likeness (QED) is 0.115. The molecular formula is C46H45N3O7. The smallest absolute Gasteiger partial charge is 0.335 e. The fourth-order valence-corrected chi connectivity index (χ4v) is 11.7. The van der Waals surface area contributed by atoms with Crippen LogP contribution < -0.4 is 16.0 Å². The van der Waals surface area contributed by atoms with Crippen LogP contribution in [0.1, 0.15) is 98.9 Å². The maximum absolute atomic E-state index is 15.1. The van der Waals surface area contributed by atoms with Gasteiger partial charge in [-0.3, -0.25) is 14.4 Å². The molecule has 4 aromatic carbocycles. The highest BCUT2D eigenvalue weighted by molar-refractivity contribution is 6.02. The van der Waals surface area contributed by atoms with E-state index in [1.165, 1.54) is 31.4 Å². The van der Waals surface area contributed by atoms with Crippen molar-refractivity contribution in [2.75, 3.05) is 11.9 Å². The number of hydrogen-bond donors (Lipinski definition) is 5. The van der Waals surface area contributed by atoms with Crippen LogP contribution >= 0.6 is 0 Å². The summed E-state index contributed by atoms with van der Waals surface area (Å²) in [6, 6.07) is 27.5. The summed E-state index contributed by atoms with van der Waals surface area (Å²) in [5.74, 6) is -4.09. The van der Waals surface area contributed by atoms with Gasteiger partial charge in [-0.2, -0.15) is 0 Å². The van der Waals surface area contributed by atoms with E-state index in [2.05, 4.69) is 28.1 Å². The molecule has 0 heterocycles. The van der Waals surface area contributed by atoms with Crippen LogP contribution in [0.4, 0.5) is 5.69 Å². The van der Waals surface area contributed by atoms with Gasteiger partial charge in [-0.1, -0.05) is 78.9 Å². The number of fused-ring (bicyclic) bond motifs is 1. The summed E-state index contributed by atoms with van der Waals surface area (Å²) >= 11 is 0. The Morgan fingerprint density at radius 3 is 1.57 bits per heavy atom. The third-order valence-corrected chi connectivity index (χ3v) is 13.5. The summed E-state index contributed by atoms with van der Waals surface area (Å²) in [5.41, 5.74) is 4.31. The van der Waals surface area contributed by atoms with Crippen molar-refractivity contribution < 1.29 is 34.2 Å². The lowest BCUT2D eigenvalue weighted by Crippen LogP contribution is -2.57. The zero-order valence-corrected chi connectivity index (χ0v) is 30.9. The Hall–Kier alpha value is -5.77. The van der Waals surface area contributed by atoms with E-state index < -0.39 is 47.5 Å². The first kappa shape index (κ1) is 35.9. The molecule has 286 valence electrons. The summed E-state index contributed by atoms with van der Waals surface area (Å²) in [5, 5.41) is 28.5. The number of carboxylic acid groups (broad SMARTS) is 2. The van der Waals surface area contributed by atoms with Crippen molar-refractivity contribution in [3.63, 3.8) is 0 Å². The summed E-state index contributed by atoms with van der Waals surface area (Å²) in [4.78, 5) is 67.8. The summed E-state index contributed by atoms with van der Waals surface area (Å²) in [6.45, 7) is 0.605. The molecule has 0 saturated heterocycles. The van der Waals surface area contributed by atoms with Crippen LogP contribution in [-0.2, 0) is 20.8 Å². The second-order valence-corrected chi connectivity index (χ2v) is 17.0. The number of amides is 3. The molecule has 6 bridgehead atoms. The summed E-state index contributed by atoms with van der Waals surface area (Å²) < 4.78 is 0. The molecule has 11 rings (SSSR count). The van der Waals surface area contributed by atoms with E-state index in [9.17, 15) is 29.4 Å². The zero-order valence-electron chi connectivity index (χ0n) is 30.9. The van der Waals surface area contributed by atoms with Gasteiger partial charge in [0.1, 0.15) is 6.04 Å². The van der Waals surface area contributed by atoms with Gasteiger partial charge in [0.15, 0.2) is 0 Å². The van der Waals surface area contributed by atoms with Crippen LogP contribution in [0, 0.1) is 35.0 Å². The second kappa shape index (κ2) is 14.1. The van der Waals surface area contributed by atoms with E-state index in [-0.39, 0.29) is 40.5 Å². The first-order valence-corrected chi connectivity index (χ1v) is 19.8. The van der Waals surface area contributed by atoms with Crippen LogP contribution in [0.3, 0.4) is 0 Å². The molecule has 7 aliphatic rings. The first-order chi connectivity index (χ1) is 27.1. The third-order valence-electron chi connectivity index (χ3n) is 13.5. The molecule has 4 saturated carbocycles. The Kier molecular flexibility index (Phi) is 9.02. The number of carbonyl (C=O) groups excluding carboxylic acids is 3. The molecular weight excluding hydrogens is 707 g/mol. The number of benzene rings is 4. The first-order valence-electron chi connectivity index (χ1n) is 19.8. The van der Waals surface area contributed by atoms with Gasteiger partial charge >= 0.3 is 11.9 Å². The Bertz CT molecular complexity index is 2140. The van der Waals surface area contributed by atoms with Crippen molar-refractivity contribution >= 4 is 35.3 Å². The summed E-state index contributed by atoms with van der Waals surface area (Å²) in [6.07, 6.45) is 7.44. The molecule has 0 aliphatic heterocycles. The van der Waals surface area contributed by atoms with Crippen LogP contribution in [0.5, 0.6) is 0 Å². The normalized spacial score (nSPS) is 28.0. The highest BCUT2D eigenvalue weighted by Crippen LogP contribution is 2.61. The van der Waals surface area contributed by atoms with Crippen LogP contribution in [0.25, 0.3) is 0 Å². The molecule has 10 nitrogen and oxygen atoms in total. The highest BCUT2D eigenvalue weighted by atomic mass is 16.4. The minimum Gasteiger partial charge on any atom is -0.478 e. The van der Waals surface area contributed by atoms with Crippen LogP contribution in [0.15, 0.2) is 97.1 Å². The lowest BCUT2D eigenvalue weighted by molar-refractivity contribution is -0.139. The van der Waals surface area contributed by atoms with Crippen molar-refractivity contribution in [1.29, 1.82) is 0 Å². The minimum absolute atomic E-state index is 0.0267. The fourth-order valence-electron chi connectivity index (χ4n) is 11.7. The van der Waals surface area contributed by atoms with E-state index in [4.69, 9.17) is 0 Å². The zero-order chi connectivity index (χ0) is 38.7. The number of nitrogens with one attached hydrogen (secondary N) is 3. The Balaban J connectivity index is 1.06. The molecule has 0 radical (unpaired) electrons. The Labute approximate surface area is 325 Å². The molecule has 3 amide bonds. The molecule has 2 unspecified atom stereocenters. The van der Waals surface area contributed by atoms with Gasteiger partial charge in [0.05, 0.1) is 23.0 Å². The molecule has 0 aromatic heterocycles. The average molecular weight is 752 g/mol. The van der Waals surface area contributed by atoms with E-state index in [0.717, 1.165) is 70.9 Å². The molecule has 56 heavy (non-hydrogen) atoms. The SMILES string of the molecule is O=C(O)c1cc(NC(=O)[C@@H](Cc2ccccc2)NC(=O)C2C3c4ccccc4C(c4ccccc43)C2C(=O)NCC23CC4CC(CC(C4)C2)C3)cc(C(=O)O)c1.